The molecule has 21 heavy (non-hydrogen) atoms. The molecule has 0 radical (unpaired) electrons. The fraction of sp³-hybridized carbons (Fsp3) is 0.562. The van der Waals surface area contributed by atoms with Crippen molar-refractivity contribution >= 4 is 21.8 Å². The number of rotatable bonds is 6. The van der Waals surface area contributed by atoms with E-state index in [-0.39, 0.29) is 17.9 Å². The molecule has 5 heteroatoms. The van der Waals surface area contributed by atoms with Gasteiger partial charge in [0.15, 0.2) is 0 Å². The summed E-state index contributed by atoms with van der Waals surface area (Å²) in [7, 11) is 0. The third-order valence-corrected chi connectivity index (χ3v) is 4.49. The average molecular weight is 355 g/mol. The Kier molecular flexibility index (Phi) is 6.06. The molecule has 1 fully saturated rings. The molecule has 0 saturated heterocycles. The monoisotopic (exact) mass is 354 g/mol. The maximum absolute atomic E-state index is 12.4. The van der Waals surface area contributed by atoms with Crippen LogP contribution >= 0.6 is 15.9 Å². The van der Waals surface area contributed by atoms with Crippen molar-refractivity contribution in [3.8, 4) is 5.75 Å². The molecular weight excluding hydrogens is 332 g/mol. The van der Waals surface area contributed by atoms with Gasteiger partial charge in [0, 0.05) is 23.0 Å². The normalized spacial score (nSPS) is 21.3. The Bertz CT molecular complexity index is 464. The molecule has 116 valence electrons. The molecule has 2 rings (SSSR count). The first-order chi connectivity index (χ1) is 10.1. The Balaban J connectivity index is 1.79. The number of ether oxygens (including phenoxy) is 1. The van der Waals surface area contributed by atoms with E-state index in [2.05, 4.69) is 15.9 Å². The second-order valence-corrected chi connectivity index (χ2v) is 6.41. The van der Waals surface area contributed by atoms with Gasteiger partial charge in [0.2, 0.25) is 5.91 Å². The van der Waals surface area contributed by atoms with Crippen LogP contribution in [0.2, 0.25) is 0 Å². The smallest absolute Gasteiger partial charge is 0.225 e. The molecule has 0 spiro atoms. The number of hydrogen-bond acceptors (Lipinski definition) is 3. The van der Waals surface area contributed by atoms with Gasteiger partial charge in [-0.05, 0) is 50.5 Å². The van der Waals surface area contributed by atoms with Crippen LogP contribution in [0.1, 0.15) is 26.2 Å². The van der Waals surface area contributed by atoms with Gasteiger partial charge in [-0.25, -0.2) is 0 Å². The minimum atomic E-state index is 0.104. The van der Waals surface area contributed by atoms with Crippen molar-refractivity contribution in [1.29, 1.82) is 0 Å². The first kappa shape index (κ1) is 16.3. The number of nitrogens with two attached hydrogens (primary N) is 1. The van der Waals surface area contributed by atoms with E-state index < -0.39 is 0 Å². The van der Waals surface area contributed by atoms with Crippen LogP contribution in [0.15, 0.2) is 28.7 Å². The standard InChI is InChI=1S/C16H23BrN2O2/c1-2-19(16(20)12-3-6-14(18)11-12)9-10-21-15-7-4-13(17)5-8-15/h4-5,7-8,12,14H,2-3,6,9-11,18H2,1H3. The molecule has 0 bridgehead atoms. The predicted octanol–water partition coefficient (Wildman–Crippen LogP) is 2.80. The van der Waals surface area contributed by atoms with Gasteiger partial charge in [0.05, 0.1) is 6.54 Å². The zero-order valence-corrected chi connectivity index (χ0v) is 14.0. The number of carbonyl (C=O) groups is 1. The highest BCUT2D eigenvalue weighted by atomic mass is 79.9. The van der Waals surface area contributed by atoms with Crippen LogP contribution in [0.3, 0.4) is 0 Å². The summed E-state index contributed by atoms with van der Waals surface area (Å²) in [5.41, 5.74) is 5.89. The van der Waals surface area contributed by atoms with E-state index in [0.29, 0.717) is 19.7 Å². The third-order valence-electron chi connectivity index (χ3n) is 3.96. The molecule has 1 aromatic carbocycles. The van der Waals surface area contributed by atoms with Crippen molar-refractivity contribution in [2.24, 2.45) is 11.7 Å². The van der Waals surface area contributed by atoms with E-state index in [9.17, 15) is 4.79 Å². The fourth-order valence-electron chi connectivity index (χ4n) is 2.73. The van der Waals surface area contributed by atoms with Gasteiger partial charge in [-0.2, -0.15) is 0 Å². The number of hydrogen-bond donors (Lipinski definition) is 1. The lowest BCUT2D eigenvalue weighted by molar-refractivity contribution is -0.135. The van der Waals surface area contributed by atoms with Crippen molar-refractivity contribution in [3.63, 3.8) is 0 Å². The van der Waals surface area contributed by atoms with E-state index in [1.54, 1.807) is 0 Å². The first-order valence-electron chi connectivity index (χ1n) is 7.53. The van der Waals surface area contributed by atoms with Gasteiger partial charge in [-0.3, -0.25) is 4.79 Å². The van der Waals surface area contributed by atoms with Crippen LogP contribution in [0, 0.1) is 5.92 Å². The van der Waals surface area contributed by atoms with Crippen molar-refractivity contribution in [2.75, 3.05) is 19.7 Å². The third kappa shape index (κ3) is 4.71. The molecule has 1 aliphatic carbocycles. The van der Waals surface area contributed by atoms with Gasteiger partial charge in [0.1, 0.15) is 12.4 Å². The predicted molar refractivity (Wildman–Crippen MR) is 87.2 cm³/mol. The summed E-state index contributed by atoms with van der Waals surface area (Å²) in [5.74, 6) is 1.15. The SMILES string of the molecule is CCN(CCOc1ccc(Br)cc1)C(=O)C1CCC(N)C1. The Hall–Kier alpha value is -1.07. The quantitative estimate of drug-likeness (QED) is 0.854. The van der Waals surface area contributed by atoms with Gasteiger partial charge < -0.3 is 15.4 Å². The molecule has 0 heterocycles. The molecular formula is C16H23BrN2O2. The molecule has 2 N–H and O–H groups in total. The van der Waals surface area contributed by atoms with Crippen molar-refractivity contribution in [3.05, 3.63) is 28.7 Å². The van der Waals surface area contributed by atoms with E-state index in [1.165, 1.54) is 0 Å². The number of nitrogens with zero attached hydrogens (tertiary/aromatic N) is 1. The van der Waals surface area contributed by atoms with Crippen LogP contribution < -0.4 is 10.5 Å². The number of carbonyl (C=O) groups excluding carboxylic acids is 1. The highest BCUT2D eigenvalue weighted by Gasteiger charge is 2.30. The number of benzene rings is 1. The second-order valence-electron chi connectivity index (χ2n) is 5.49. The van der Waals surface area contributed by atoms with Gasteiger partial charge in [0.25, 0.3) is 0 Å². The van der Waals surface area contributed by atoms with E-state index in [1.807, 2.05) is 36.1 Å². The summed E-state index contributed by atoms with van der Waals surface area (Å²) in [6, 6.07) is 7.91. The summed E-state index contributed by atoms with van der Waals surface area (Å²) < 4.78 is 6.71. The second kappa shape index (κ2) is 7.80. The summed E-state index contributed by atoms with van der Waals surface area (Å²) in [4.78, 5) is 14.3. The fourth-order valence-corrected chi connectivity index (χ4v) is 2.99. The zero-order valence-electron chi connectivity index (χ0n) is 12.4. The van der Waals surface area contributed by atoms with Gasteiger partial charge in [-0.15, -0.1) is 0 Å². The Morgan fingerprint density at radius 3 is 2.67 bits per heavy atom. The van der Waals surface area contributed by atoms with E-state index in [4.69, 9.17) is 10.5 Å². The minimum Gasteiger partial charge on any atom is -0.492 e. The topological polar surface area (TPSA) is 55.6 Å². The molecule has 1 aromatic rings. The molecule has 0 aliphatic heterocycles. The molecule has 4 nitrogen and oxygen atoms in total. The minimum absolute atomic E-state index is 0.104. The summed E-state index contributed by atoms with van der Waals surface area (Å²) in [6.45, 7) is 3.86. The number of likely N-dealkylation sites (N-methyl/N-ethyl adjacent to an activating group) is 1. The molecule has 1 aliphatic rings. The van der Waals surface area contributed by atoms with Crippen LogP contribution in [0.25, 0.3) is 0 Å². The first-order valence-corrected chi connectivity index (χ1v) is 8.32. The summed E-state index contributed by atoms with van der Waals surface area (Å²) in [5, 5.41) is 0. The largest absolute Gasteiger partial charge is 0.492 e. The Morgan fingerprint density at radius 1 is 1.38 bits per heavy atom. The lowest BCUT2D eigenvalue weighted by Crippen LogP contribution is -2.38. The molecule has 2 atom stereocenters. The molecule has 1 saturated carbocycles. The number of amides is 1. The van der Waals surface area contributed by atoms with Crippen LogP contribution in [0.4, 0.5) is 0 Å². The maximum Gasteiger partial charge on any atom is 0.225 e. The summed E-state index contributed by atoms with van der Waals surface area (Å²) in [6.07, 6.45) is 2.70. The van der Waals surface area contributed by atoms with Gasteiger partial charge >= 0.3 is 0 Å². The van der Waals surface area contributed by atoms with E-state index >= 15 is 0 Å². The molecule has 1 amide bonds. The highest BCUT2D eigenvalue weighted by molar-refractivity contribution is 9.10. The average Bonchev–Trinajstić information content (AvgIpc) is 2.91. The Labute approximate surface area is 134 Å². The lowest BCUT2D eigenvalue weighted by atomic mass is 10.1. The summed E-state index contributed by atoms with van der Waals surface area (Å²) >= 11 is 3.39. The van der Waals surface area contributed by atoms with Gasteiger partial charge in [-0.1, -0.05) is 15.9 Å². The van der Waals surface area contributed by atoms with Crippen molar-refractivity contribution in [1.82, 2.24) is 4.90 Å². The zero-order chi connectivity index (χ0) is 15.2. The van der Waals surface area contributed by atoms with E-state index in [0.717, 1.165) is 29.5 Å². The highest BCUT2D eigenvalue weighted by Crippen LogP contribution is 2.26. The van der Waals surface area contributed by atoms with Crippen LogP contribution in [0.5, 0.6) is 5.75 Å². The Morgan fingerprint density at radius 2 is 2.10 bits per heavy atom. The van der Waals surface area contributed by atoms with Crippen LogP contribution in [-0.2, 0) is 4.79 Å². The number of halogens is 1. The maximum atomic E-state index is 12.4. The van der Waals surface area contributed by atoms with Crippen LogP contribution in [-0.4, -0.2) is 36.5 Å². The molecule has 0 aromatic heterocycles. The van der Waals surface area contributed by atoms with Crippen molar-refractivity contribution < 1.29 is 9.53 Å². The molecule has 2 unspecified atom stereocenters. The van der Waals surface area contributed by atoms with Crippen molar-refractivity contribution in [2.45, 2.75) is 32.2 Å². The lowest BCUT2D eigenvalue weighted by Gasteiger charge is -2.24.